The lowest BCUT2D eigenvalue weighted by Gasteiger charge is -2.38. The Morgan fingerprint density at radius 1 is 0.917 bits per heavy atom. The lowest BCUT2D eigenvalue weighted by Crippen LogP contribution is -2.50. The van der Waals surface area contributed by atoms with E-state index in [1.54, 1.807) is 0 Å². The molecule has 2 unspecified atom stereocenters. The summed E-state index contributed by atoms with van der Waals surface area (Å²) in [5.41, 5.74) is 4.17. The van der Waals surface area contributed by atoms with Crippen molar-refractivity contribution in [3.63, 3.8) is 0 Å². The van der Waals surface area contributed by atoms with Gasteiger partial charge in [-0.2, -0.15) is 0 Å². The number of piperazine rings is 1. The van der Waals surface area contributed by atoms with Gasteiger partial charge >= 0.3 is 0 Å². The van der Waals surface area contributed by atoms with Crippen molar-refractivity contribution in [3.05, 3.63) is 72.7 Å². The normalized spacial score (nSPS) is 23.1. The molecular weight excluding hydrogens is 446 g/mol. The van der Waals surface area contributed by atoms with E-state index in [0.717, 1.165) is 47.8 Å². The molecule has 5 heterocycles. The molecule has 0 spiro atoms. The quantitative estimate of drug-likeness (QED) is 0.412. The van der Waals surface area contributed by atoms with Crippen molar-refractivity contribution in [2.75, 3.05) is 23.3 Å². The van der Waals surface area contributed by atoms with Gasteiger partial charge in [0.15, 0.2) is 0 Å². The number of anilines is 2. The summed E-state index contributed by atoms with van der Waals surface area (Å²) in [6, 6.07) is 18.8. The second-order valence-corrected chi connectivity index (χ2v) is 10.6. The van der Waals surface area contributed by atoms with Gasteiger partial charge in [-0.25, -0.2) is 15.0 Å². The van der Waals surface area contributed by atoms with Crippen LogP contribution in [-0.2, 0) is 0 Å². The molecule has 1 N–H and O–H groups in total. The summed E-state index contributed by atoms with van der Waals surface area (Å²) in [6.45, 7) is 4.38. The first kappa shape index (κ1) is 21.8. The molecule has 3 fully saturated rings. The van der Waals surface area contributed by atoms with Gasteiger partial charge in [0.2, 0.25) is 5.95 Å². The molecule has 0 radical (unpaired) electrons. The fourth-order valence-corrected chi connectivity index (χ4v) is 6.60. The van der Waals surface area contributed by atoms with Gasteiger partial charge < -0.3 is 10.2 Å². The van der Waals surface area contributed by atoms with E-state index in [2.05, 4.69) is 72.8 Å². The standard InChI is InChI=1S/C29H33N7/c1-20(21-7-3-2-4-8-21)32-27-15-22(11-12-30-27)26-17-28-31-13-14-34(28)29(33-26)36-19-24-16-25(36)18-35(24)23-9-5-6-10-23/h2-4,7-8,11-15,17,20,23-25H,5-6,9-10,16,18-19H2,1H3,(H,30,32)/t20-,24?,25?/m0/s1. The maximum Gasteiger partial charge on any atom is 0.212 e. The minimum atomic E-state index is 0.162. The molecule has 36 heavy (non-hydrogen) atoms. The van der Waals surface area contributed by atoms with Gasteiger partial charge in [-0.05, 0) is 43.9 Å². The smallest absolute Gasteiger partial charge is 0.212 e. The third-order valence-corrected chi connectivity index (χ3v) is 8.42. The summed E-state index contributed by atoms with van der Waals surface area (Å²) < 4.78 is 2.15. The van der Waals surface area contributed by atoms with E-state index in [9.17, 15) is 0 Å². The molecule has 1 saturated carbocycles. The van der Waals surface area contributed by atoms with Crippen molar-refractivity contribution in [1.82, 2.24) is 24.3 Å². The zero-order valence-corrected chi connectivity index (χ0v) is 20.8. The molecule has 2 saturated heterocycles. The van der Waals surface area contributed by atoms with Crippen LogP contribution in [0, 0.1) is 0 Å². The number of benzene rings is 1. The van der Waals surface area contributed by atoms with Crippen LogP contribution in [0.15, 0.2) is 67.1 Å². The molecule has 184 valence electrons. The van der Waals surface area contributed by atoms with Crippen molar-refractivity contribution >= 4 is 17.4 Å². The van der Waals surface area contributed by atoms with E-state index in [1.165, 1.54) is 37.7 Å². The van der Waals surface area contributed by atoms with Gasteiger partial charge in [-0.1, -0.05) is 43.2 Å². The monoisotopic (exact) mass is 479 g/mol. The Morgan fingerprint density at radius 2 is 1.78 bits per heavy atom. The number of aromatic nitrogens is 4. The highest BCUT2D eigenvalue weighted by atomic mass is 15.4. The number of likely N-dealkylation sites (tertiary alicyclic amines) is 1. The summed E-state index contributed by atoms with van der Waals surface area (Å²) in [4.78, 5) is 19.8. The van der Waals surface area contributed by atoms with E-state index in [-0.39, 0.29) is 6.04 Å². The highest BCUT2D eigenvalue weighted by molar-refractivity contribution is 5.68. The van der Waals surface area contributed by atoms with Crippen LogP contribution >= 0.6 is 0 Å². The topological polar surface area (TPSA) is 61.6 Å². The molecule has 2 aliphatic heterocycles. The second kappa shape index (κ2) is 8.89. The molecule has 4 aromatic rings. The van der Waals surface area contributed by atoms with Gasteiger partial charge in [0.05, 0.1) is 5.69 Å². The first-order valence-electron chi connectivity index (χ1n) is 13.4. The fraction of sp³-hybridized carbons (Fsp3) is 0.414. The molecule has 1 aliphatic carbocycles. The summed E-state index contributed by atoms with van der Waals surface area (Å²) in [7, 11) is 0. The van der Waals surface area contributed by atoms with Crippen LogP contribution < -0.4 is 10.2 Å². The molecule has 0 amide bonds. The maximum absolute atomic E-state index is 5.22. The fourth-order valence-electron chi connectivity index (χ4n) is 6.60. The predicted octanol–water partition coefficient (Wildman–Crippen LogP) is 5.17. The zero-order valence-electron chi connectivity index (χ0n) is 20.8. The molecular formula is C29H33N7. The Morgan fingerprint density at radius 3 is 2.58 bits per heavy atom. The summed E-state index contributed by atoms with van der Waals surface area (Å²) >= 11 is 0. The van der Waals surface area contributed by atoms with Gasteiger partial charge in [0.1, 0.15) is 11.5 Å². The lowest BCUT2D eigenvalue weighted by molar-refractivity contribution is 0.170. The minimum Gasteiger partial charge on any atom is -0.364 e. The van der Waals surface area contributed by atoms with E-state index in [1.807, 2.05) is 30.7 Å². The molecule has 7 nitrogen and oxygen atoms in total. The Labute approximate surface area is 212 Å². The van der Waals surface area contributed by atoms with E-state index in [4.69, 9.17) is 4.98 Å². The Balaban J connectivity index is 1.17. The number of pyridine rings is 1. The van der Waals surface area contributed by atoms with E-state index >= 15 is 0 Å². The Kier molecular flexibility index (Phi) is 5.38. The summed E-state index contributed by atoms with van der Waals surface area (Å²) in [5.74, 6) is 1.87. The predicted molar refractivity (Wildman–Crippen MR) is 143 cm³/mol. The van der Waals surface area contributed by atoms with Crippen molar-refractivity contribution in [2.24, 2.45) is 0 Å². The Hall–Kier alpha value is -3.45. The number of hydrogen-bond acceptors (Lipinski definition) is 6. The largest absolute Gasteiger partial charge is 0.364 e. The average Bonchev–Trinajstić information content (AvgIpc) is 3.72. The van der Waals surface area contributed by atoms with Crippen molar-refractivity contribution in [3.8, 4) is 11.3 Å². The van der Waals surface area contributed by atoms with Gasteiger partial charge in [0, 0.05) is 67.5 Å². The average molecular weight is 480 g/mol. The van der Waals surface area contributed by atoms with Gasteiger partial charge in [-0.3, -0.25) is 9.30 Å². The van der Waals surface area contributed by atoms with Crippen molar-refractivity contribution in [1.29, 1.82) is 0 Å². The van der Waals surface area contributed by atoms with Crippen LogP contribution in [0.4, 0.5) is 11.8 Å². The zero-order chi connectivity index (χ0) is 24.1. The van der Waals surface area contributed by atoms with E-state index < -0.39 is 0 Å². The van der Waals surface area contributed by atoms with Crippen LogP contribution in [-0.4, -0.2) is 55.5 Å². The number of rotatable bonds is 6. The highest BCUT2D eigenvalue weighted by Crippen LogP contribution is 2.39. The first-order chi connectivity index (χ1) is 17.7. The number of hydrogen-bond donors (Lipinski definition) is 1. The molecule has 2 bridgehead atoms. The van der Waals surface area contributed by atoms with Crippen LogP contribution in [0.2, 0.25) is 0 Å². The van der Waals surface area contributed by atoms with Crippen LogP contribution in [0.3, 0.4) is 0 Å². The van der Waals surface area contributed by atoms with E-state index in [0.29, 0.717) is 12.1 Å². The van der Waals surface area contributed by atoms with Crippen LogP contribution in [0.25, 0.3) is 16.9 Å². The number of fused-ring (bicyclic) bond motifs is 3. The lowest BCUT2D eigenvalue weighted by atomic mass is 10.1. The molecule has 7 rings (SSSR count). The Bertz CT molecular complexity index is 1360. The SMILES string of the molecule is C[C@H](Nc1cc(-c2cc3nccn3c(N3CC4CC3CN4C3CCCC3)n2)ccn1)c1ccccc1. The number of imidazole rings is 1. The molecule has 3 aromatic heterocycles. The first-order valence-corrected chi connectivity index (χ1v) is 13.4. The van der Waals surface area contributed by atoms with Crippen LogP contribution in [0.5, 0.6) is 0 Å². The van der Waals surface area contributed by atoms with Crippen molar-refractivity contribution in [2.45, 2.75) is 63.2 Å². The van der Waals surface area contributed by atoms with Crippen LogP contribution in [0.1, 0.15) is 50.6 Å². The molecule has 7 heteroatoms. The van der Waals surface area contributed by atoms with Gasteiger partial charge in [-0.15, -0.1) is 0 Å². The summed E-state index contributed by atoms with van der Waals surface area (Å²) in [5, 5.41) is 3.55. The molecule has 3 aliphatic rings. The van der Waals surface area contributed by atoms with Crippen molar-refractivity contribution < 1.29 is 0 Å². The third kappa shape index (κ3) is 3.82. The molecule has 3 atom stereocenters. The molecule has 1 aromatic carbocycles. The third-order valence-electron chi connectivity index (χ3n) is 8.42. The van der Waals surface area contributed by atoms with Gasteiger partial charge in [0.25, 0.3) is 0 Å². The summed E-state index contributed by atoms with van der Waals surface area (Å²) in [6.07, 6.45) is 12.6. The maximum atomic E-state index is 5.22. The highest BCUT2D eigenvalue weighted by Gasteiger charge is 2.47. The second-order valence-electron chi connectivity index (χ2n) is 10.6. The number of nitrogens with one attached hydrogen (secondary N) is 1. The minimum absolute atomic E-state index is 0.162. The number of nitrogens with zero attached hydrogens (tertiary/aromatic N) is 6.